The molecule has 1 nitrogen and oxygen atoms in total. The summed E-state index contributed by atoms with van der Waals surface area (Å²) in [6.45, 7) is 0. The number of rotatable bonds is 4. The first kappa shape index (κ1) is 10.6. The van der Waals surface area contributed by atoms with E-state index in [1.807, 2.05) is 36.5 Å². The molecule has 80 valence electrons. The first-order valence-electron chi connectivity index (χ1n) is 5.45. The highest BCUT2D eigenvalue weighted by molar-refractivity contribution is 5.99. The van der Waals surface area contributed by atoms with Gasteiger partial charge in [0.05, 0.1) is 0 Å². The third-order valence-electron chi connectivity index (χ3n) is 2.52. The van der Waals surface area contributed by atoms with Crippen LogP contribution in [0.15, 0.2) is 72.9 Å². The Labute approximate surface area is 95.9 Å². The summed E-state index contributed by atoms with van der Waals surface area (Å²) >= 11 is 0. The van der Waals surface area contributed by atoms with E-state index in [1.54, 1.807) is 12.2 Å². The number of hydrogen-bond donors (Lipinski definition) is 0. The van der Waals surface area contributed by atoms with Crippen molar-refractivity contribution in [1.29, 1.82) is 0 Å². The van der Waals surface area contributed by atoms with Crippen LogP contribution in [0, 0.1) is 11.8 Å². The number of carbonyl (C=O) groups excluding carboxylic acids is 1. The lowest BCUT2D eigenvalue weighted by atomic mass is 10.1. The van der Waals surface area contributed by atoms with E-state index in [0.717, 1.165) is 0 Å². The molecule has 0 aromatic carbocycles. The number of allylic oxidation sites excluding steroid dienone is 12. The summed E-state index contributed by atoms with van der Waals surface area (Å²) in [5, 5.41) is 0. The maximum Gasteiger partial charge on any atom is 0.178 e. The second kappa shape index (κ2) is 5.26. The second-order valence-electron chi connectivity index (χ2n) is 3.81. The van der Waals surface area contributed by atoms with Crippen LogP contribution >= 0.6 is 0 Å². The van der Waals surface area contributed by atoms with E-state index in [2.05, 4.69) is 24.3 Å². The SMILES string of the molecule is O=C(/C=C/C1C=CC=C1)/C=C/C1C=CC=C1. The maximum absolute atomic E-state index is 11.5. The summed E-state index contributed by atoms with van der Waals surface area (Å²) in [5.41, 5.74) is 0. The van der Waals surface area contributed by atoms with Crippen molar-refractivity contribution in [2.24, 2.45) is 11.8 Å². The van der Waals surface area contributed by atoms with Gasteiger partial charge in [0, 0.05) is 11.8 Å². The van der Waals surface area contributed by atoms with E-state index in [4.69, 9.17) is 0 Å². The van der Waals surface area contributed by atoms with E-state index in [-0.39, 0.29) is 17.6 Å². The summed E-state index contributed by atoms with van der Waals surface area (Å²) < 4.78 is 0. The van der Waals surface area contributed by atoms with Crippen LogP contribution < -0.4 is 0 Å². The lowest BCUT2D eigenvalue weighted by Crippen LogP contribution is -1.90. The van der Waals surface area contributed by atoms with E-state index in [1.165, 1.54) is 0 Å². The molecule has 0 spiro atoms. The van der Waals surface area contributed by atoms with Crippen molar-refractivity contribution in [3.63, 3.8) is 0 Å². The standard InChI is InChI=1S/C15H14O/c16-15(11-9-13-5-1-2-6-13)12-10-14-7-3-4-8-14/h1-14H/b11-9+,12-10+. The van der Waals surface area contributed by atoms with Crippen LogP contribution in [0.5, 0.6) is 0 Å². The van der Waals surface area contributed by atoms with Crippen molar-refractivity contribution in [3.05, 3.63) is 72.9 Å². The lowest BCUT2D eigenvalue weighted by Gasteiger charge is -1.95. The summed E-state index contributed by atoms with van der Waals surface area (Å²) in [4.78, 5) is 11.5. The fraction of sp³-hybridized carbons (Fsp3) is 0.133. The molecule has 0 radical (unpaired) electrons. The molecule has 0 aromatic rings. The predicted octanol–water partition coefficient (Wildman–Crippen LogP) is 3.15. The van der Waals surface area contributed by atoms with Crippen molar-refractivity contribution in [3.8, 4) is 0 Å². The normalized spacial score (nSPS) is 20.0. The molecular weight excluding hydrogens is 196 g/mol. The predicted molar refractivity (Wildman–Crippen MR) is 66.8 cm³/mol. The second-order valence-corrected chi connectivity index (χ2v) is 3.81. The zero-order valence-corrected chi connectivity index (χ0v) is 8.99. The average molecular weight is 210 g/mol. The molecule has 0 atom stereocenters. The topological polar surface area (TPSA) is 17.1 Å². The van der Waals surface area contributed by atoms with Crippen LogP contribution in [0.2, 0.25) is 0 Å². The maximum atomic E-state index is 11.5. The van der Waals surface area contributed by atoms with Gasteiger partial charge in [-0.3, -0.25) is 4.79 Å². The molecule has 0 aromatic heterocycles. The van der Waals surface area contributed by atoms with Gasteiger partial charge in [-0.25, -0.2) is 0 Å². The molecule has 0 fully saturated rings. The molecule has 16 heavy (non-hydrogen) atoms. The van der Waals surface area contributed by atoms with Gasteiger partial charge in [-0.05, 0) is 12.2 Å². The highest BCUT2D eigenvalue weighted by Gasteiger charge is 2.00. The Kier molecular flexibility index (Phi) is 3.50. The van der Waals surface area contributed by atoms with Gasteiger partial charge in [0.25, 0.3) is 0 Å². The van der Waals surface area contributed by atoms with E-state index in [0.29, 0.717) is 0 Å². The van der Waals surface area contributed by atoms with Gasteiger partial charge in [-0.15, -0.1) is 0 Å². The smallest absolute Gasteiger partial charge is 0.178 e. The summed E-state index contributed by atoms with van der Waals surface area (Å²) in [6.07, 6.45) is 23.2. The van der Waals surface area contributed by atoms with Gasteiger partial charge in [0.15, 0.2) is 5.78 Å². The van der Waals surface area contributed by atoms with Crippen LogP contribution in [0.25, 0.3) is 0 Å². The van der Waals surface area contributed by atoms with Crippen molar-refractivity contribution < 1.29 is 4.79 Å². The molecule has 2 aliphatic carbocycles. The van der Waals surface area contributed by atoms with Crippen molar-refractivity contribution in [2.75, 3.05) is 0 Å². The first-order valence-corrected chi connectivity index (χ1v) is 5.45. The Hall–Kier alpha value is -1.89. The Bertz CT molecular complexity index is 366. The zero-order chi connectivity index (χ0) is 11.2. The minimum absolute atomic E-state index is 0.0439. The Balaban J connectivity index is 1.83. The summed E-state index contributed by atoms with van der Waals surface area (Å²) in [5.74, 6) is 0.606. The monoisotopic (exact) mass is 210 g/mol. The molecule has 0 aliphatic heterocycles. The molecule has 2 rings (SSSR count). The zero-order valence-electron chi connectivity index (χ0n) is 8.99. The van der Waals surface area contributed by atoms with Gasteiger partial charge in [0.1, 0.15) is 0 Å². The van der Waals surface area contributed by atoms with Gasteiger partial charge >= 0.3 is 0 Å². The Morgan fingerprint density at radius 1 is 0.750 bits per heavy atom. The number of ketones is 1. The highest BCUT2D eigenvalue weighted by atomic mass is 16.1. The number of carbonyl (C=O) groups is 1. The van der Waals surface area contributed by atoms with Crippen LogP contribution in [0.1, 0.15) is 0 Å². The fourth-order valence-corrected chi connectivity index (χ4v) is 1.62. The Morgan fingerprint density at radius 2 is 1.12 bits per heavy atom. The molecule has 0 heterocycles. The molecule has 1 heteroatoms. The van der Waals surface area contributed by atoms with Gasteiger partial charge in [-0.1, -0.05) is 60.8 Å². The van der Waals surface area contributed by atoms with Crippen molar-refractivity contribution >= 4 is 5.78 Å². The molecule has 0 amide bonds. The molecule has 0 saturated heterocycles. The minimum atomic E-state index is 0.0439. The van der Waals surface area contributed by atoms with Crippen LogP contribution in [0.4, 0.5) is 0 Å². The van der Waals surface area contributed by atoms with E-state index < -0.39 is 0 Å². The largest absolute Gasteiger partial charge is 0.290 e. The van der Waals surface area contributed by atoms with Crippen LogP contribution in [-0.2, 0) is 4.79 Å². The lowest BCUT2D eigenvalue weighted by molar-refractivity contribution is -0.110. The molecule has 2 aliphatic rings. The average Bonchev–Trinajstić information content (AvgIpc) is 2.96. The third-order valence-corrected chi connectivity index (χ3v) is 2.52. The third kappa shape index (κ3) is 3.06. The minimum Gasteiger partial charge on any atom is -0.290 e. The van der Waals surface area contributed by atoms with E-state index >= 15 is 0 Å². The molecule has 0 N–H and O–H groups in total. The Morgan fingerprint density at radius 3 is 1.50 bits per heavy atom. The van der Waals surface area contributed by atoms with E-state index in [9.17, 15) is 4.79 Å². The summed E-state index contributed by atoms with van der Waals surface area (Å²) in [6, 6.07) is 0. The molecule has 0 bridgehead atoms. The van der Waals surface area contributed by atoms with Gasteiger partial charge < -0.3 is 0 Å². The van der Waals surface area contributed by atoms with Crippen molar-refractivity contribution in [2.45, 2.75) is 0 Å². The van der Waals surface area contributed by atoms with Gasteiger partial charge in [-0.2, -0.15) is 0 Å². The molecule has 0 unspecified atom stereocenters. The molecular formula is C15H14O. The number of hydrogen-bond acceptors (Lipinski definition) is 1. The van der Waals surface area contributed by atoms with Crippen LogP contribution in [0.3, 0.4) is 0 Å². The van der Waals surface area contributed by atoms with Crippen LogP contribution in [-0.4, -0.2) is 5.78 Å². The quantitative estimate of drug-likeness (QED) is 0.651. The first-order chi connectivity index (χ1) is 7.84. The van der Waals surface area contributed by atoms with Gasteiger partial charge in [0.2, 0.25) is 0 Å². The van der Waals surface area contributed by atoms with Crippen molar-refractivity contribution in [1.82, 2.24) is 0 Å². The molecule has 0 saturated carbocycles. The summed E-state index contributed by atoms with van der Waals surface area (Å²) in [7, 11) is 0. The fourth-order valence-electron chi connectivity index (χ4n) is 1.62. The highest BCUT2D eigenvalue weighted by Crippen LogP contribution is 2.11.